The Bertz CT molecular complexity index is 820. The number of rotatable bonds is 2. The highest BCUT2D eigenvalue weighted by molar-refractivity contribution is 6.10. The first-order valence-corrected chi connectivity index (χ1v) is 6.45. The molecule has 3 rings (SSSR count). The fourth-order valence-corrected chi connectivity index (χ4v) is 2.66. The number of esters is 1. The Morgan fingerprint density at radius 2 is 1.80 bits per heavy atom. The maximum absolute atomic E-state index is 13.5. The summed E-state index contributed by atoms with van der Waals surface area (Å²) >= 11 is 0. The number of fused-ring (bicyclic) bond motifs is 3. The first-order chi connectivity index (χ1) is 9.65. The number of carbonyl (C=O) groups is 1. The Balaban J connectivity index is 2.41. The van der Waals surface area contributed by atoms with Crippen LogP contribution in [0.1, 0.15) is 17.3 Å². The molecule has 20 heavy (non-hydrogen) atoms. The average molecular weight is 271 g/mol. The molecule has 0 radical (unpaired) electrons. The third-order valence-electron chi connectivity index (χ3n) is 3.56. The molecule has 1 heterocycles. The Hall–Kier alpha value is -2.36. The highest BCUT2D eigenvalue weighted by Gasteiger charge is 2.13. The number of ether oxygens (including phenoxy) is 1. The Morgan fingerprint density at radius 3 is 2.45 bits per heavy atom. The van der Waals surface area contributed by atoms with Crippen LogP contribution in [0.2, 0.25) is 0 Å². The van der Waals surface area contributed by atoms with Crippen LogP contribution >= 0.6 is 0 Å². The molecule has 0 atom stereocenters. The normalized spacial score (nSPS) is 11.2. The van der Waals surface area contributed by atoms with Gasteiger partial charge in [-0.2, -0.15) is 0 Å². The Kier molecular flexibility index (Phi) is 2.93. The molecular weight excluding hydrogens is 257 g/mol. The summed E-state index contributed by atoms with van der Waals surface area (Å²) in [4.78, 5) is 11.6. The van der Waals surface area contributed by atoms with Crippen LogP contribution in [-0.4, -0.2) is 17.6 Å². The van der Waals surface area contributed by atoms with Crippen LogP contribution < -0.4 is 0 Å². The molecule has 0 spiro atoms. The van der Waals surface area contributed by atoms with Gasteiger partial charge in [0.25, 0.3) is 0 Å². The lowest BCUT2D eigenvalue weighted by Crippen LogP contribution is -2.00. The minimum atomic E-state index is -0.388. The minimum Gasteiger partial charge on any atom is -0.465 e. The molecule has 102 valence electrons. The Labute approximate surface area is 115 Å². The second-order valence-electron chi connectivity index (χ2n) is 4.63. The third kappa shape index (κ3) is 1.76. The second-order valence-corrected chi connectivity index (χ2v) is 4.63. The van der Waals surface area contributed by atoms with Gasteiger partial charge in [0.1, 0.15) is 5.82 Å². The van der Waals surface area contributed by atoms with Crippen molar-refractivity contribution in [2.24, 2.45) is 0 Å². The fraction of sp³-hybridized carbons (Fsp3) is 0.188. The van der Waals surface area contributed by atoms with Crippen LogP contribution in [-0.2, 0) is 11.3 Å². The number of methoxy groups -OCH3 is 1. The largest absolute Gasteiger partial charge is 0.465 e. The summed E-state index contributed by atoms with van der Waals surface area (Å²) in [6, 6.07) is 10.1. The smallest absolute Gasteiger partial charge is 0.337 e. The summed E-state index contributed by atoms with van der Waals surface area (Å²) in [5.41, 5.74) is 2.42. The topological polar surface area (TPSA) is 31.2 Å². The van der Waals surface area contributed by atoms with Crippen molar-refractivity contribution in [3.8, 4) is 0 Å². The lowest BCUT2D eigenvalue weighted by molar-refractivity contribution is 0.0601. The molecule has 1 aromatic heterocycles. The van der Waals surface area contributed by atoms with Crippen LogP contribution in [0, 0.1) is 5.82 Å². The van der Waals surface area contributed by atoms with E-state index < -0.39 is 0 Å². The van der Waals surface area contributed by atoms with Gasteiger partial charge in [0, 0.05) is 28.4 Å². The second kappa shape index (κ2) is 4.63. The molecule has 4 heteroatoms. The number of hydrogen-bond donors (Lipinski definition) is 0. The highest BCUT2D eigenvalue weighted by atomic mass is 19.1. The lowest BCUT2D eigenvalue weighted by atomic mass is 10.1. The van der Waals surface area contributed by atoms with E-state index >= 15 is 0 Å². The quantitative estimate of drug-likeness (QED) is 0.665. The van der Waals surface area contributed by atoms with E-state index in [4.69, 9.17) is 4.74 Å². The molecule has 3 nitrogen and oxygen atoms in total. The third-order valence-corrected chi connectivity index (χ3v) is 3.56. The maximum atomic E-state index is 13.5. The van der Waals surface area contributed by atoms with Gasteiger partial charge in [0.15, 0.2) is 0 Å². The lowest BCUT2D eigenvalue weighted by Gasteiger charge is -2.03. The van der Waals surface area contributed by atoms with Crippen LogP contribution in [0.3, 0.4) is 0 Å². The van der Waals surface area contributed by atoms with Gasteiger partial charge in [-0.25, -0.2) is 9.18 Å². The number of nitrogens with zero attached hydrogens (tertiary/aromatic N) is 1. The first-order valence-electron chi connectivity index (χ1n) is 6.45. The maximum Gasteiger partial charge on any atom is 0.337 e. The predicted octanol–water partition coefficient (Wildman–Crippen LogP) is 3.74. The van der Waals surface area contributed by atoms with Gasteiger partial charge in [0.05, 0.1) is 12.7 Å². The van der Waals surface area contributed by atoms with E-state index in [2.05, 4.69) is 4.57 Å². The zero-order valence-corrected chi connectivity index (χ0v) is 11.3. The fourth-order valence-electron chi connectivity index (χ4n) is 2.66. The van der Waals surface area contributed by atoms with E-state index in [0.717, 1.165) is 28.4 Å². The van der Waals surface area contributed by atoms with Gasteiger partial charge < -0.3 is 9.30 Å². The minimum absolute atomic E-state index is 0.281. The average Bonchev–Trinajstić information content (AvgIpc) is 2.78. The molecule has 0 aliphatic heterocycles. The first kappa shape index (κ1) is 12.7. The molecule has 0 saturated carbocycles. The van der Waals surface area contributed by atoms with E-state index in [-0.39, 0.29) is 11.8 Å². The molecule has 3 aromatic rings. The molecule has 0 aliphatic carbocycles. The monoisotopic (exact) mass is 271 g/mol. The number of carbonyl (C=O) groups excluding carboxylic acids is 1. The van der Waals surface area contributed by atoms with E-state index in [1.807, 2.05) is 13.0 Å². The van der Waals surface area contributed by atoms with Gasteiger partial charge in [-0.1, -0.05) is 0 Å². The van der Waals surface area contributed by atoms with Gasteiger partial charge in [-0.3, -0.25) is 0 Å². The van der Waals surface area contributed by atoms with Gasteiger partial charge in [-0.05, 0) is 43.3 Å². The van der Waals surface area contributed by atoms with Crippen molar-refractivity contribution in [2.45, 2.75) is 13.5 Å². The van der Waals surface area contributed by atoms with Crippen molar-refractivity contribution in [1.82, 2.24) is 4.57 Å². The van der Waals surface area contributed by atoms with Crippen molar-refractivity contribution in [2.75, 3.05) is 7.11 Å². The summed E-state index contributed by atoms with van der Waals surface area (Å²) < 4.78 is 20.3. The van der Waals surface area contributed by atoms with Crippen molar-refractivity contribution >= 4 is 27.8 Å². The predicted molar refractivity (Wildman–Crippen MR) is 76.4 cm³/mol. The van der Waals surface area contributed by atoms with Gasteiger partial charge in [-0.15, -0.1) is 0 Å². The van der Waals surface area contributed by atoms with E-state index in [1.54, 1.807) is 18.2 Å². The number of aromatic nitrogens is 1. The van der Waals surface area contributed by atoms with Gasteiger partial charge >= 0.3 is 5.97 Å². The number of aryl methyl sites for hydroxylation is 1. The number of halogens is 1. The van der Waals surface area contributed by atoms with Crippen molar-refractivity contribution in [3.05, 3.63) is 47.8 Å². The van der Waals surface area contributed by atoms with Crippen LogP contribution in [0.4, 0.5) is 4.39 Å². The van der Waals surface area contributed by atoms with E-state index in [9.17, 15) is 9.18 Å². The standard InChI is InChI=1S/C16H14FNO2/c1-3-18-14-6-4-10(16(19)20-2)8-12(14)13-9-11(17)5-7-15(13)18/h4-9H,3H2,1-2H3. The van der Waals surface area contributed by atoms with Crippen LogP contribution in [0.5, 0.6) is 0 Å². The molecule has 0 aliphatic rings. The molecule has 0 unspecified atom stereocenters. The number of hydrogen-bond acceptors (Lipinski definition) is 2. The van der Waals surface area contributed by atoms with Gasteiger partial charge in [0.2, 0.25) is 0 Å². The zero-order chi connectivity index (χ0) is 14.3. The van der Waals surface area contributed by atoms with Crippen LogP contribution in [0.25, 0.3) is 21.8 Å². The van der Waals surface area contributed by atoms with Crippen molar-refractivity contribution in [3.63, 3.8) is 0 Å². The Morgan fingerprint density at radius 1 is 1.15 bits per heavy atom. The molecule has 0 amide bonds. The molecule has 0 N–H and O–H groups in total. The van der Waals surface area contributed by atoms with Crippen molar-refractivity contribution < 1.29 is 13.9 Å². The summed E-state index contributed by atoms with van der Waals surface area (Å²) in [5.74, 6) is -0.670. The number of benzene rings is 2. The van der Waals surface area contributed by atoms with Crippen LogP contribution in [0.15, 0.2) is 36.4 Å². The molecule has 0 saturated heterocycles. The summed E-state index contributed by atoms with van der Waals surface area (Å²) in [7, 11) is 1.35. The highest BCUT2D eigenvalue weighted by Crippen LogP contribution is 2.30. The molecule has 0 bridgehead atoms. The molecular formula is C16H14FNO2. The van der Waals surface area contributed by atoms with Crippen molar-refractivity contribution in [1.29, 1.82) is 0 Å². The molecule has 2 aromatic carbocycles. The molecule has 0 fully saturated rings. The summed E-state index contributed by atoms with van der Waals surface area (Å²) in [6.45, 7) is 2.82. The summed E-state index contributed by atoms with van der Waals surface area (Å²) in [6.07, 6.45) is 0. The SMILES string of the molecule is CCn1c2ccc(F)cc2c2cc(C(=O)OC)ccc21. The zero-order valence-electron chi connectivity index (χ0n) is 11.3. The summed E-state index contributed by atoms with van der Waals surface area (Å²) in [5, 5.41) is 1.68. The van der Waals surface area contributed by atoms with E-state index in [0.29, 0.717) is 5.56 Å². The van der Waals surface area contributed by atoms with E-state index in [1.165, 1.54) is 19.2 Å².